The standard InChI is InChI=1S/C11H15NO4/c1-6-2-9(16-10(6)11(14)15)5-12-7-3-8(13)4-7/h2,7-8,12-13H,3-5H2,1H3,(H,14,15). The van der Waals surface area contributed by atoms with Crippen LogP contribution < -0.4 is 5.32 Å². The number of hydrogen-bond acceptors (Lipinski definition) is 4. The van der Waals surface area contributed by atoms with Gasteiger partial charge in [-0.25, -0.2) is 4.79 Å². The molecule has 5 heteroatoms. The summed E-state index contributed by atoms with van der Waals surface area (Å²) < 4.78 is 5.20. The van der Waals surface area contributed by atoms with E-state index >= 15 is 0 Å². The second-order valence-corrected chi connectivity index (χ2v) is 4.23. The number of carbonyl (C=O) groups is 1. The van der Waals surface area contributed by atoms with Crippen LogP contribution in [0.2, 0.25) is 0 Å². The van der Waals surface area contributed by atoms with Gasteiger partial charge in [0.1, 0.15) is 5.76 Å². The van der Waals surface area contributed by atoms with Gasteiger partial charge in [-0.15, -0.1) is 0 Å². The van der Waals surface area contributed by atoms with Crippen molar-refractivity contribution in [1.82, 2.24) is 5.32 Å². The van der Waals surface area contributed by atoms with Crippen molar-refractivity contribution in [3.63, 3.8) is 0 Å². The molecule has 1 aliphatic carbocycles. The van der Waals surface area contributed by atoms with E-state index in [1.165, 1.54) is 0 Å². The van der Waals surface area contributed by atoms with Crippen LogP contribution >= 0.6 is 0 Å². The van der Waals surface area contributed by atoms with Gasteiger partial charge in [0, 0.05) is 11.6 Å². The Labute approximate surface area is 93.1 Å². The summed E-state index contributed by atoms with van der Waals surface area (Å²) in [4.78, 5) is 10.7. The van der Waals surface area contributed by atoms with E-state index in [-0.39, 0.29) is 11.9 Å². The molecule has 1 saturated carbocycles. The molecule has 16 heavy (non-hydrogen) atoms. The van der Waals surface area contributed by atoms with E-state index in [2.05, 4.69) is 5.32 Å². The van der Waals surface area contributed by atoms with Crippen molar-refractivity contribution in [3.8, 4) is 0 Å². The van der Waals surface area contributed by atoms with Gasteiger partial charge >= 0.3 is 5.97 Å². The topological polar surface area (TPSA) is 82.7 Å². The highest BCUT2D eigenvalue weighted by Gasteiger charge is 2.26. The highest BCUT2D eigenvalue weighted by atomic mass is 16.4. The van der Waals surface area contributed by atoms with Crippen molar-refractivity contribution >= 4 is 5.97 Å². The predicted octanol–water partition coefficient (Wildman–Crippen LogP) is 0.899. The minimum absolute atomic E-state index is 0.00504. The molecule has 2 rings (SSSR count). The van der Waals surface area contributed by atoms with E-state index in [9.17, 15) is 4.79 Å². The van der Waals surface area contributed by atoms with E-state index in [1.54, 1.807) is 13.0 Å². The molecule has 1 aliphatic rings. The summed E-state index contributed by atoms with van der Waals surface area (Å²) in [5, 5.41) is 21.1. The highest BCUT2D eigenvalue weighted by molar-refractivity contribution is 5.86. The van der Waals surface area contributed by atoms with Crippen LogP contribution in [0.1, 0.15) is 34.7 Å². The van der Waals surface area contributed by atoms with Crippen LogP contribution in [0, 0.1) is 6.92 Å². The molecular formula is C11H15NO4. The Morgan fingerprint density at radius 3 is 2.81 bits per heavy atom. The lowest BCUT2D eigenvalue weighted by Crippen LogP contribution is -2.43. The third kappa shape index (κ3) is 2.25. The maximum absolute atomic E-state index is 10.7. The minimum Gasteiger partial charge on any atom is -0.475 e. The molecular weight excluding hydrogens is 210 g/mol. The zero-order valence-electron chi connectivity index (χ0n) is 9.06. The Balaban J connectivity index is 1.90. The van der Waals surface area contributed by atoms with Gasteiger partial charge < -0.3 is 19.9 Å². The monoisotopic (exact) mass is 225 g/mol. The summed E-state index contributed by atoms with van der Waals surface area (Å²) in [5.74, 6) is -0.412. The van der Waals surface area contributed by atoms with Crippen molar-refractivity contribution in [2.24, 2.45) is 0 Å². The number of carboxylic acid groups (broad SMARTS) is 1. The number of rotatable bonds is 4. The highest BCUT2D eigenvalue weighted by Crippen LogP contribution is 2.20. The second-order valence-electron chi connectivity index (χ2n) is 4.23. The average Bonchev–Trinajstić information content (AvgIpc) is 2.53. The number of aromatic carboxylic acids is 1. The second kappa shape index (κ2) is 4.27. The molecule has 0 bridgehead atoms. The summed E-state index contributed by atoms with van der Waals surface area (Å²) in [6.07, 6.45) is 1.32. The number of carboxylic acids is 1. The largest absolute Gasteiger partial charge is 0.475 e. The quantitative estimate of drug-likeness (QED) is 0.709. The molecule has 0 spiro atoms. The van der Waals surface area contributed by atoms with E-state index in [4.69, 9.17) is 14.6 Å². The summed E-state index contributed by atoms with van der Waals surface area (Å²) in [5.41, 5.74) is 0.637. The molecule has 5 nitrogen and oxygen atoms in total. The first kappa shape index (κ1) is 11.2. The normalized spacial score (nSPS) is 24.1. The fourth-order valence-corrected chi connectivity index (χ4v) is 1.85. The van der Waals surface area contributed by atoms with Gasteiger partial charge in [-0.05, 0) is 25.8 Å². The lowest BCUT2D eigenvalue weighted by molar-refractivity contribution is 0.0608. The zero-order valence-corrected chi connectivity index (χ0v) is 9.06. The van der Waals surface area contributed by atoms with Gasteiger partial charge in [0.15, 0.2) is 0 Å². The molecule has 0 amide bonds. The maximum atomic E-state index is 10.7. The minimum atomic E-state index is -1.04. The molecule has 0 radical (unpaired) electrons. The SMILES string of the molecule is Cc1cc(CNC2CC(O)C2)oc1C(=O)O. The first-order chi connectivity index (χ1) is 7.56. The molecule has 1 heterocycles. The van der Waals surface area contributed by atoms with Crippen LogP contribution in [0.5, 0.6) is 0 Å². The summed E-state index contributed by atoms with van der Waals surface area (Å²) in [6, 6.07) is 2.04. The van der Waals surface area contributed by atoms with E-state index in [0.29, 0.717) is 23.9 Å². The van der Waals surface area contributed by atoms with Gasteiger partial charge in [-0.2, -0.15) is 0 Å². The number of hydrogen-bond donors (Lipinski definition) is 3. The number of aryl methyl sites for hydroxylation is 1. The third-order valence-corrected chi connectivity index (χ3v) is 2.84. The Morgan fingerprint density at radius 2 is 2.31 bits per heavy atom. The third-order valence-electron chi connectivity index (χ3n) is 2.84. The maximum Gasteiger partial charge on any atom is 0.372 e. The molecule has 3 N–H and O–H groups in total. The average molecular weight is 225 g/mol. The van der Waals surface area contributed by atoms with E-state index in [1.807, 2.05) is 0 Å². The Bertz CT molecular complexity index is 393. The smallest absolute Gasteiger partial charge is 0.372 e. The van der Waals surface area contributed by atoms with Crippen LogP contribution in [-0.4, -0.2) is 28.3 Å². The van der Waals surface area contributed by atoms with Crippen molar-refractivity contribution in [2.75, 3.05) is 0 Å². The molecule has 0 saturated heterocycles. The molecule has 0 aromatic carbocycles. The lowest BCUT2D eigenvalue weighted by atomic mass is 9.89. The van der Waals surface area contributed by atoms with Crippen molar-refractivity contribution in [2.45, 2.75) is 38.5 Å². The Morgan fingerprint density at radius 1 is 1.62 bits per heavy atom. The van der Waals surface area contributed by atoms with E-state index < -0.39 is 5.97 Å². The van der Waals surface area contributed by atoms with Crippen LogP contribution in [0.4, 0.5) is 0 Å². The summed E-state index contributed by atoms with van der Waals surface area (Å²) in [7, 11) is 0. The van der Waals surface area contributed by atoms with Gasteiger partial charge in [0.2, 0.25) is 5.76 Å². The number of aliphatic hydroxyl groups excluding tert-OH is 1. The zero-order chi connectivity index (χ0) is 11.7. The summed E-state index contributed by atoms with van der Waals surface area (Å²) >= 11 is 0. The molecule has 0 aliphatic heterocycles. The van der Waals surface area contributed by atoms with Gasteiger partial charge in [-0.1, -0.05) is 0 Å². The molecule has 0 atom stereocenters. The van der Waals surface area contributed by atoms with Crippen LogP contribution in [0.25, 0.3) is 0 Å². The molecule has 1 aromatic heterocycles. The number of nitrogens with one attached hydrogen (secondary N) is 1. The Hall–Kier alpha value is -1.33. The first-order valence-corrected chi connectivity index (χ1v) is 5.30. The fourth-order valence-electron chi connectivity index (χ4n) is 1.85. The predicted molar refractivity (Wildman–Crippen MR) is 56.3 cm³/mol. The molecule has 88 valence electrons. The molecule has 1 aromatic rings. The molecule has 0 unspecified atom stereocenters. The van der Waals surface area contributed by atoms with E-state index in [0.717, 1.165) is 12.8 Å². The van der Waals surface area contributed by atoms with Crippen molar-refractivity contribution < 1.29 is 19.4 Å². The first-order valence-electron chi connectivity index (χ1n) is 5.30. The fraction of sp³-hybridized carbons (Fsp3) is 0.545. The van der Waals surface area contributed by atoms with Gasteiger partial charge in [0.05, 0.1) is 12.6 Å². The van der Waals surface area contributed by atoms with Crippen LogP contribution in [0.3, 0.4) is 0 Å². The van der Waals surface area contributed by atoms with Gasteiger partial charge in [-0.3, -0.25) is 0 Å². The van der Waals surface area contributed by atoms with Crippen molar-refractivity contribution in [3.05, 3.63) is 23.2 Å². The Kier molecular flexibility index (Phi) is 2.98. The van der Waals surface area contributed by atoms with Crippen molar-refractivity contribution in [1.29, 1.82) is 0 Å². The number of aliphatic hydroxyl groups is 1. The van der Waals surface area contributed by atoms with Crippen LogP contribution in [0.15, 0.2) is 10.5 Å². The van der Waals surface area contributed by atoms with Gasteiger partial charge in [0.25, 0.3) is 0 Å². The lowest BCUT2D eigenvalue weighted by Gasteiger charge is -2.31. The number of furan rings is 1. The molecule has 1 fully saturated rings. The summed E-state index contributed by atoms with van der Waals surface area (Å²) in [6.45, 7) is 2.22. The van der Waals surface area contributed by atoms with Crippen LogP contribution in [-0.2, 0) is 6.54 Å².